The van der Waals surface area contributed by atoms with Crippen LogP contribution in [0.4, 0.5) is 0 Å². The van der Waals surface area contributed by atoms with Gasteiger partial charge in [0.2, 0.25) is 5.91 Å². The Hall–Kier alpha value is -1.81. The van der Waals surface area contributed by atoms with E-state index in [0.717, 1.165) is 43.3 Å². The molecule has 1 saturated heterocycles. The average Bonchev–Trinajstić information content (AvgIpc) is 2.93. The van der Waals surface area contributed by atoms with Gasteiger partial charge in [-0.2, -0.15) is 0 Å². The van der Waals surface area contributed by atoms with E-state index in [9.17, 15) is 9.90 Å². The summed E-state index contributed by atoms with van der Waals surface area (Å²) in [5.41, 5.74) is 2.27. The number of nitrogens with zero attached hydrogens (tertiary/aromatic N) is 2. The first-order valence-electron chi connectivity index (χ1n) is 8.66. The fourth-order valence-corrected chi connectivity index (χ4v) is 3.76. The van der Waals surface area contributed by atoms with Crippen LogP contribution in [0.1, 0.15) is 38.7 Å². The third-order valence-electron chi connectivity index (χ3n) is 4.98. The Balaban J connectivity index is 1.85. The molecule has 0 aliphatic carbocycles. The number of carbonyl (C=O) groups is 1. The van der Waals surface area contributed by atoms with Crippen LogP contribution in [-0.2, 0) is 17.8 Å². The number of carbonyl (C=O) groups excluding carboxylic acids is 1. The lowest BCUT2D eigenvalue weighted by atomic mass is 9.97. The highest BCUT2D eigenvalue weighted by molar-refractivity contribution is 5.89. The van der Waals surface area contributed by atoms with Crippen LogP contribution in [0.5, 0.6) is 0 Å². The van der Waals surface area contributed by atoms with Gasteiger partial charge in [-0.1, -0.05) is 18.2 Å². The van der Waals surface area contributed by atoms with E-state index in [1.54, 1.807) is 6.92 Å². The van der Waals surface area contributed by atoms with Crippen LogP contribution >= 0.6 is 0 Å². The summed E-state index contributed by atoms with van der Waals surface area (Å²) in [6.45, 7) is 5.57. The van der Waals surface area contributed by atoms with E-state index in [1.165, 1.54) is 5.52 Å². The number of fused-ring (bicyclic) bond motifs is 1. The molecule has 2 aromatic rings. The van der Waals surface area contributed by atoms with E-state index in [4.69, 9.17) is 0 Å². The van der Waals surface area contributed by atoms with Crippen molar-refractivity contribution in [1.29, 1.82) is 0 Å². The molecule has 1 fully saturated rings. The highest BCUT2D eigenvalue weighted by atomic mass is 16.3. The lowest BCUT2D eigenvalue weighted by molar-refractivity contribution is -0.136. The van der Waals surface area contributed by atoms with Crippen LogP contribution in [0.15, 0.2) is 30.5 Å². The standard InChI is InChI=1S/C19H26N2O2/c1-3-20-13-15(16-8-4-5-10-18(16)20)12-19(23)21-11-7-6-9-17(21)14(2)22/h4-5,8,10,13-14,17,22H,3,6-7,9,11-12H2,1-2H3. The van der Waals surface area contributed by atoms with Gasteiger partial charge in [0.1, 0.15) is 0 Å². The molecule has 23 heavy (non-hydrogen) atoms. The summed E-state index contributed by atoms with van der Waals surface area (Å²) >= 11 is 0. The predicted molar refractivity (Wildman–Crippen MR) is 92.3 cm³/mol. The maximum Gasteiger partial charge on any atom is 0.227 e. The average molecular weight is 314 g/mol. The van der Waals surface area contributed by atoms with Crippen molar-refractivity contribution < 1.29 is 9.90 Å². The zero-order valence-corrected chi connectivity index (χ0v) is 14.0. The van der Waals surface area contributed by atoms with Crippen molar-refractivity contribution in [3.05, 3.63) is 36.0 Å². The first kappa shape index (κ1) is 16.1. The molecule has 124 valence electrons. The number of piperidine rings is 1. The molecule has 3 rings (SSSR count). The van der Waals surface area contributed by atoms with E-state index in [-0.39, 0.29) is 11.9 Å². The number of aliphatic hydroxyl groups is 1. The summed E-state index contributed by atoms with van der Waals surface area (Å²) in [4.78, 5) is 14.7. The molecule has 1 aromatic heterocycles. The van der Waals surface area contributed by atoms with Crippen LogP contribution in [0.25, 0.3) is 10.9 Å². The number of benzene rings is 1. The molecule has 4 nitrogen and oxygen atoms in total. The number of likely N-dealkylation sites (tertiary alicyclic amines) is 1. The first-order valence-corrected chi connectivity index (χ1v) is 8.66. The molecule has 1 N–H and O–H groups in total. The smallest absolute Gasteiger partial charge is 0.227 e. The highest BCUT2D eigenvalue weighted by Crippen LogP contribution is 2.25. The summed E-state index contributed by atoms with van der Waals surface area (Å²) in [7, 11) is 0. The van der Waals surface area contributed by atoms with Gasteiger partial charge in [0, 0.05) is 30.2 Å². The minimum Gasteiger partial charge on any atom is -0.391 e. The number of hydrogen-bond donors (Lipinski definition) is 1. The Morgan fingerprint density at radius 1 is 1.35 bits per heavy atom. The Labute approximate surface area is 137 Å². The second kappa shape index (κ2) is 6.75. The SMILES string of the molecule is CCn1cc(CC(=O)N2CCCCC2C(C)O)c2ccccc21. The van der Waals surface area contributed by atoms with E-state index < -0.39 is 6.10 Å². The second-order valence-corrected chi connectivity index (χ2v) is 6.53. The Kier molecular flexibility index (Phi) is 4.71. The molecule has 1 aromatic carbocycles. The molecule has 1 amide bonds. The van der Waals surface area contributed by atoms with E-state index >= 15 is 0 Å². The summed E-state index contributed by atoms with van der Waals surface area (Å²) < 4.78 is 2.19. The number of aryl methyl sites for hydroxylation is 1. The van der Waals surface area contributed by atoms with Gasteiger partial charge in [-0.3, -0.25) is 4.79 Å². The minimum absolute atomic E-state index is 0.0317. The van der Waals surface area contributed by atoms with Gasteiger partial charge in [-0.15, -0.1) is 0 Å². The normalized spacial score (nSPS) is 20.0. The van der Waals surface area contributed by atoms with Crippen molar-refractivity contribution in [2.45, 2.75) is 58.2 Å². The molecule has 2 unspecified atom stereocenters. The van der Waals surface area contributed by atoms with Gasteiger partial charge in [0.25, 0.3) is 0 Å². The van der Waals surface area contributed by atoms with Crippen LogP contribution < -0.4 is 0 Å². The van der Waals surface area contributed by atoms with Gasteiger partial charge >= 0.3 is 0 Å². The Morgan fingerprint density at radius 3 is 2.87 bits per heavy atom. The number of hydrogen-bond acceptors (Lipinski definition) is 2. The molecule has 1 aliphatic rings. The molecule has 0 saturated carbocycles. The molecule has 4 heteroatoms. The number of aromatic nitrogens is 1. The van der Waals surface area contributed by atoms with Crippen molar-refractivity contribution in [3.63, 3.8) is 0 Å². The lowest BCUT2D eigenvalue weighted by Gasteiger charge is -2.37. The second-order valence-electron chi connectivity index (χ2n) is 6.53. The number of aliphatic hydroxyl groups excluding tert-OH is 1. The van der Waals surface area contributed by atoms with Gasteiger partial charge in [0.15, 0.2) is 0 Å². The van der Waals surface area contributed by atoms with Crippen molar-refractivity contribution >= 4 is 16.8 Å². The molecule has 2 atom stereocenters. The molecular weight excluding hydrogens is 288 g/mol. The van der Waals surface area contributed by atoms with Gasteiger partial charge in [-0.25, -0.2) is 0 Å². The summed E-state index contributed by atoms with van der Waals surface area (Å²) in [6, 6.07) is 8.22. The monoisotopic (exact) mass is 314 g/mol. The van der Waals surface area contributed by atoms with Crippen LogP contribution in [-0.4, -0.2) is 39.2 Å². The Bertz CT molecular complexity index is 690. The largest absolute Gasteiger partial charge is 0.391 e. The van der Waals surface area contributed by atoms with Crippen LogP contribution in [0, 0.1) is 0 Å². The van der Waals surface area contributed by atoms with E-state index in [1.807, 2.05) is 17.0 Å². The third-order valence-corrected chi connectivity index (χ3v) is 4.98. The lowest BCUT2D eigenvalue weighted by Crippen LogP contribution is -2.49. The zero-order chi connectivity index (χ0) is 16.4. The fourth-order valence-electron chi connectivity index (χ4n) is 3.76. The maximum absolute atomic E-state index is 12.8. The van der Waals surface area contributed by atoms with E-state index in [0.29, 0.717) is 6.42 Å². The summed E-state index contributed by atoms with van der Waals surface area (Å²) in [6.07, 6.45) is 5.08. The van der Waals surface area contributed by atoms with Crippen LogP contribution in [0.2, 0.25) is 0 Å². The quantitative estimate of drug-likeness (QED) is 0.943. The van der Waals surface area contributed by atoms with Crippen molar-refractivity contribution in [1.82, 2.24) is 9.47 Å². The molecule has 0 bridgehead atoms. The predicted octanol–water partition coefficient (Wildman–Crippen LogP) is 2.97. The molecule has 0 spiro atoms. The molecular formula is C19H26N2O2. The summed E-state index contributed by atoms with van der Waals surface area (Å²) in [5, 5.41) is 11.1. The summed E-state index contributed by atoms with van der Waals surface area (Å²) in [5.74, 6) is 0.134. The third kappa shape index (κ3) is 3.13. The topological polar surface area (TPSA) is 45.5 Å². The number of para-hydroxylation sites is 1. The zero-order valence-electron chi connectivity index (χ0n) is 14.0. The van der Waals surface area contributed by atoms with E-state index in [2.05, 4.69) is 29.8 Å². The van der Waals surface area contributed by atoms with Crippen molar-refractivity contribution in [2.24, 2.45) is 0 Å². The number of amides is 1. The molecule has 0 radical (unpaired) electrons. The highest BCUT2D eigenvalue weighted by Gasteiger charge is 2.30. The molecule has 2 heterocycles. The van der Waals surface area contributed by atoms with Crippen molar-refractivity contribution in [3.8, 4) is 0 Å². The number of rotatable bonds is 4. The first-order chi connectivity index (χ1) is 11.1. The Morgan fingerprint density at radius 2 is 2.13 bits per heavy atom. The fraction of sp³-hybridized carbons (Fsp3) is 0.526. The van der Waals surface area contributed by atoms with Gasteiger partial charge in [-0.05, 0) is 44.7 Å². The van der Waals surface area contributed by atoms with Gasteiger partial charge < -0.3 is 14.6 Å². The minimum atomic E-state index is -0.462. The van der Waals surface area contributed by atoms with Crippen LogP contribution in [0.3, 0.4) is 0 Å². The molecule has 1 aliphatic heterocycles. The maximum atomic E-state index is 12.8. The van der Waals surface area contributed by atoms with Gasteiger partial charge in [0.05, 0.1) is 18.6 Å². The van der Waals surface area contributed by atoms with Crippen molar-refractivity contribution in [2.75, 3.05) is 6.54 Å².